The fourth-order valence-corrected chi connectivity index (χ4v) is 2.75. The molecule has 2 heterocycles. The molecule has 3 rings (SSSR count). The van der Waals surface area contributed by atoms with Crippen molar-refractivity contribution in [1.82, 2.24) is 20.3 Å². The van der Waals surface area contributed by atoms with E-state index in [0.29, 0.717) is 24.1 Å². The van der Waals surface area contributed by atoms with Gasteiger partial charge < -0.3 is 20.4 Å². The quantitative estimate of drug-likeness (QED) is 0.480. The molecule has 2 aromatic heterocycles. The van der Waals surface area contributed by atoms with Crippen molar-refractivity contribution in [2.45, 2.75) is 32.9 Å². The fraction of sp³-hybridized carbons (Fsp3) is 0.333. The van der Waals surface area contributed by atoms with Gasteiger partial charge in [0.1, 0.15) is 5.82 Å². The van der Waals surface area contributed by atoms with E-state index < -0.39 is 5.91 Å². The number of para-hydroxylation sites is 1. The van der Waals surface area contributed by atoms with Crippen molar-refractivity contribution in [1.29, 1.82) is 0 Å². The van der Waals surface area contributed by atoms with E-state index in [0.717, 1.165) is 24.3 Å². The first-order valence-corrected chi connectivity index (χ1v) is 9.60. The number of carbonyl (C=O) groups is 1. The third-order valence-corrected chi connectivity index (χ3v) is 4.18. The first kappa shape index (κ1) is 20.5. The smallest absolute Gasteiger partial charge is 0.287 e. The summed E-state index contributed by atoms with van der Waals surface area (Å²) in [6, 6.07) is 10.6. The normalized spacial score (nSPS) is 11.0. The number of aromatic amines is 1. The molecule has 3 aromatic rings. The number of ether oxygens (including phenoxy) is 1. The van der Waals surface area contributed by atoms with Crippen molar-refractivity contribution >= 4 is 22.6 Å². The van der Waals surface area contributed by atoms with Crippen molar-refractivity contribution in [3.63, 3.8) is 0 Å². The SMILES string of the molecule is CC(C)OCCCNc1cc(CNC(=O)c2nc3ccccc3c(=O)[nH]2)ccn1. The number of anilines is 1. The van der Waals surface area contributed by atoms with E-state index in [9.17, 15) is 9.59 Å². The van der Waals surface area contributed by atoms with E-state index in [1.807, 2.05) is 26.0 Å². The highest BCUT2D eigenvalue weighted by Gasteiger charge is 2.11. The summed E-state index contributed by atoms with van der Waals surface area (Å²) >= 11 is 0. The van der Waals surface area contributed by atoms with Crippen LogP contribution in [0.15, 0.2) is 47.4 Å². The average molecular weight is 395 g/mol. The molecule has 0 saturated heterocycles. The molecule has 0 bridgehead atoms. The Balaban J connectivity index is 1.56. The van der Waals surface area contributed by atoms with Crippen LogP contribution < -0.4 is 16.2 Å². The summed E-state index contributed by atoms with van der Waals surface area (Å²) < 4.78 is 5.51. The minimum atomic E-state index is -0.440. The van der Waals surface area contributed by atoms with Gasteiger partial charge in [0.2, 0.25) is 0 Å². The number of hydrogen-bond donors (Lipinski definition) is 3. The summed E-state index contributed by atoms with van der Waals surface area (Å²) in [7, 11) is 0. The van der Waals surface area contributed by atoms with Crippen molar-refractivity contribution in [3.8, 4) is 0 Å². The molecule has 0 saturated carbocycles. The van der Waals surface area contributed by atoms with Crippen molar-refractivity contribution in [2.75, 3.05) is 18.5 Å². The number of hydrogen-bond acceptors (Lipinski definition) is 6. The van der Waals surface area contributed by atoms with Crippen LogP contribution in [0.2, 0.25) is 0 Å². The van der Waals surface area contributed by atoms with E-state index in [1.54, 1.807) is 30.5 Å². The van der Waals surface area contributed by atoms with Crippen molar-refractivity contribution < 1.29 is 9.53 Å². The van der Waals surface area contributed by atoms with Gasteiger partial charge in [-0.2, -0.15) is 0 Å². The molecule has 0 aliphatic heterocycles. The van der Waals surface area contributed by atoms with Crippen LogP contribution in [0, 0.1) is 0 Å². The largest absolute Gasteiger partial charge is 0.379 e. The van der Waals surface area contributed by atoms with Crippen LogP contribution in [0.25, 0.3) is 10.9 Å². The molecule has 0 unspecified atom stereocenters. The predicted octanol–water partition coefficient (Wildman–Crippen LogP) is 2.48. The number of H-pyrrole nitrogens is 1. The number of nitrogens with zero attached hydrogens (tertiary/aromatic N) is 2. The molecule has 152 valence electrons. The van der Waals surface area contributed by atoms with E-state index in [2.05, 4.69) is 25.6 Å². The van der Waals surface area contributed by atoms with E-state index >= 15 is 0 Å². The molecule has 1 amide bonds. The standard InChI is InChI=1S/C21H25N5O3/c1-14(2)29-11-5-9-22-18-12-15(8-10-23-18)13-24-21(28)19-25-17-7-4-3-6-16(17)20(27)26-19/h3-4,6-8,10,12,14H,5,9,11,13H2,1-2H3,(H,22,23)(H,24,28)(H,25,26,27). The number of rotatable bonds is 9. The monoisotopic (exact) mass is 395 g/mol. The second-order valence-corrected chi connectivity index (χ2v) is 6.86. The van der Waals surface area contributed by atoms with Gasteiger partial charge in [-0.05, 0) is 50.1 Å². The number of pyridine rings is 1. The molecular formula is C21H25N5O3. The second-order valence-electron chi connectivity index (χ2n) is 6.86. The molecule has 8 nitrogen and oxygen atoms in total. The topological polar surface area (TPSA) is 109 Å². The molecule has 3 N–H and O–H groups in total. The minimum absolute atomic E-state index is 0.00810. The van der Waals surface area contributed by atoms with Crippen LogP contribution in [0.1, 0.15) is 36.5 Å². The Morgan fingerprint density at radius 1 is 1.24 bits per heavy atom. The lowest BCUT2D eigenvalue weighted by Crippen LogP contribution is -2.27. The zero-order valence-electron chi connectivity index (χ0n) is 16.6. The van der Waals surface area contributed by atoms with Gasteiger partial charge in [-0.15, -0.1) is 0 Å². The first-order valence-electron chi connectivity index (χ1n) is 9.60. The Bertz CT molecular complexity index is 1030. The zero-order chi connectivity index (χ0) is 20.6. The minimum Gasteiger partial charge on any atom is -0.379 e. The summed E-state index contributed by atoms with van der Waals surface area (Å²) in [5.41, 5.74) is 1.04. The maximum Gasteiger partial charge on any atom is 0.287 e. The molecule has 0 aliphatic carbocycles. The van der Waals surface area contributed by atoms with Crippen LogP contribution in [-0.4, -0.2) is 40.1 Å². The fourth-order valence-electron chi connectivity index (χ4n) is 2.75. The Labute approximate surface area is 168 Å². The highest BCUT2D eigenvalue weighted by Crippen LogP contribution is 2.08. The molecule has 0 fully saturated rings. The zero-order valence-corrected chi connectivity index (χ0v) is 16.6. The number of amides is 1. The molecule has 0 spiro atoms. The summed E-state index contributed by atoms with van der Waals surface area (Å²) in [4.78, 5) is 35.6. The number of nitrogens with one attached hydrogen (secondary N) is 3. The van der Waals surface area contributed by atoms with Gasteiger partial charge in [-0.3, -0.25) is 9.59 Å². The number of fused-ring (bicyclic) bond motifs is 1. The van der Waals surface area contributed by atoms with Gasteiger partial charge in [-0.1, -0.05) is 12.1 Å². The van der Waals surface area contributed by atoms with Gasteiger partial charge in [-0.25, -0.2) is 9.97 Å². The Morgan fingerprint density at radius 3 is 2.90 bits per heavy atom. The first-order chi connectivity index (χ1) is 14.0. The van der Waals surface area contributed by atoms with Crippen molar-refractivity contribution in [2.24, 2.45) is 0 Å². The van der Waals surface area contributed by atoms with Crippen LogP contribution in [0.4, 0.5) is 5.82 Å². The van der Waals surface area contributed by atoms with Crippen LogP contribution in [0.5, 0.6) is 0 Å². The Morgan fingerprint density at radius 2 is 2.07 bits per heavy atom. The molecule has 29 heavy (non-hydrogen) atoms. The summed E-state index contributed by atoms with van der Waals surface area (Å²) in [5.74, 6) is 0.287. The maximum absolute atomic E-state index is 12.4. The molecule has 1 aromatic carbocycles. The third-order valence-electron chi connectivity index (χ3n) is 4.18. The van der Waals surface area contributed by atoms with Gasteiger partial charge in [0.05, 0.1) is 17.0 Å². The lowest BCUT2D eigenvalue weighted by Gasteiger charge is -2.10. The Kier molecular flexibility index (Phi) is 6.91. The molecule has 8 heteroatoms. The van der Waals surface area contributed by atoms with Gasteiger partial charge in [0, 0.05) is 25.9 Å². The number of benzene rings is 1. The number of aromatic nitrogens is 3. The highest BCUT2D eigenvalue weighted by molar-refractivity contribution is 5.92. The highest BCUT2D eigenvalue weighted by atomic mass is 16.5. The second kappa shape index (κ2) is 9.79. The summed E-state index contributed by atoms with van der Waals surface area (Å²) in [6.07, 6.45) is 2.79. The molecular weight excluding hydrogens is 370 g/mol. The molecule has 0 radical (unpaired) electrons. The van der Waals surface area contributed by atoms with Gasteiger partial charge >= 0.3 is 0 Å². The lowest BCUT2D eigenvalue weighted by atomic mass is 10.2. The third kappa shape index (κ3) is 5.86. The van der Waals surface area contributed by atoms with Crippen LogP contribution in [-0.2, 0) is 11.3 Å². The van der Waals surface area contributed by atoms with Gasteiger partial charge in [0.15, 0.2) is 5.82 Å². The summed E-state index contributed by atoms with van der Waals surface area (Å²) in [5, 5.41) is 6.47. The summed E-state index contributed by atoms with van der Waals surface area (Å²) in [6.45, 7) is 5.75. The number of carbonyl (C=O) groups excluding carboxylic acids is 1. The predicted molar refractivity (Wildman–Crippen MR) is 112 cm³/mol. The van der Waals surface area contributed by atoms with Crippen LogP contribution >= 0.6 is 0 Å². The maximum atomic E-state index is 12.4. The van der Waals surface area contributed by atoms with Crippen molar-refractivity contribution in [3.05, 3.63) is 64.3 Å². The van der Waals surface area contributed by atoms with Crippen LogP contribution in [0.3, 0.4) is 0 Å². The van der Waals surface area contributed by atoms with Gasteiger partial charge in [0.25, 0.3) is 11.5 Å². The van der Waals surface area contributed by atoms with E-state index in [1.165, 1.54) is 0 Å². The molecule has 0 aliphatic rings. The Hall–Kier alpha value is -3.26. The van der Waals surface area contributed by atoms with E-state index in [-0.39, 0.29) is 17.5 Å². The van der Waals surface area contributed by atoms with E-state index in [4.69, 9.17) is 4.74 Å². The lowest BCUT2D eigenvalue weighted by molar-refractivity contribution is 0.0787. The average Bonchev–Trinajstić information content (AvgIpc) is 2.72. The molecule has 0 atom stereocenters.